The molecule has 15 heavy (non-hydrogen) atoms. The van der Waals surface area contributed by atoms with Gasteiger partial charge in [-0.15, -0.1) is 12.6 Å². The minimum Gasteiger partial charge on any atom is -0.264 e. The molecule has 0 aliphatic carbocycles. The van der Waals surface area contributed by atoms with E-state index < -0.39 is 0 Å². The third-order valence-corrected chi connectivity index (χ3v) is 2.48. The molecule has 3 heteroatoms. The lowest BCUT2D eigenvalue weighted by Crippen LogP contribution is -1.82. The monoisotopic (exact) mass is 212 g/mol. The van der Waals surface area contributed by atoms with Gasteiger partial charge in [0.05, 0.1) is 11.6 Å². The Labute approximate surface area is 93.6 Å². The molecule has 0 aliphatic heterocycles. The van der Waals surface area contributed by atoms with Gasteiger partial charge in [0, 0.05) is 17.3 Å². The van der Waals surface area contributed by atoms with Crippen molar-refractivity contribution in [3.8, 4) is 17.2 Å². The Morgan fingerprint density at radius 1 is 1.13 bits per heavy atom. The van der Waals surface area contributed by atoms with Crippen LogP contribution in [0.15, 0.2) is 47.6 Å². The zero-order chi connectivity index (χ0) is 10.7. The highest BCUT2D eigenvalue weighted by Crippen LogP contribution is 2.25. The Morgan fingerprint density at radius 3 is 2.47 bits per heavy atom. The first-order chi connectivity index (χ1) is 7.31. The van der Waals surface area contributed by atoms with Gasteiger partial charge in [0.2, 0.25) is 0 Å². The van der Waals surface area contributed by atoms with Gasteiger partial charge in [-0.1, -0.05) is 12.1 Å². The Hall–Kier alpha value is -1.79. The standard InChI is InChI=1S/C12H8N2S/c13-7-9-1-3-10(4-2-9)11-5-6-14-8-12(11)15/h1-6,8,15H. The summed E-state index contributed by atoms with van der Waals surface area (Å²) in [5.41, 5.74) is 2.73. The quantitative estimate of drug-likeness (QED) is 0.738. The minimum atomic E-state index is 0.661. The van der Waals surface area contributed by atoms with Crippen molar-refractivity contribution >= 4 is 12.6 Å². The van der Waals surface area contributed by atoms with E-state index in [1.54, 1.807) is 24.5 Å². The van der Waals surface area contributed by atoms with Crippen LogP contribution in [0.1, 0.15) is 5.56 Å². The van der Waals surface area contributed by atoms with Crippen LogP contribution in [0.5, 0.6) is 0 Å². The smallest absolute Gasteiger partial charge is 0.0991 e. The van der Waals surface area contributed by atoms with E-state index in [9.17, 15) is 0 Å². The third kappa shape index (κ3) is 2.00. The summed E-state index contributed by atoms with van der Waals surface area (Å²) in [5.74, 6) is 0. The number of rotatable bonds is 1. The summed E-state index contributed by atoms with van der Waals surface area (Å²) >= 11 is 4.33. The number of aromatic nitrogens is 1. The first kappa shape index (κ1) is 9.75. The van der Waals surface area contributed by atoms with Crippen LogP contribution in [0, 0.1) is 11.3 Å². The van der Waals surface area contributed by atoms with Gasteiger partial charge in [-0.3, -0.25) is 4.98 Å². The SMILES string of the molecule is N#Cc1ccc(-c2ccncc2S)cc1. The average Bonchev–Trinajstić information content (AvgIpc) is 2.30. The Bertz CT molecular complexity index is 512. The van der Waals surface area contributed by atoms with E-state index in [2.05, 4.69) is 23.7 Å². The van der Waals surface area contributed by atoms with Crippen LogP contribution in [-0.2, 0) is 0 Å². The molecule has 0 N–H and O–H groups in total. The second-order valence-corrected chi connectivity index (χ2v) is 3.56. The predicted molar refractivity (Wildman–Crippen MR) is 61.6 cm³/mol. The number of thiol groups is 1. The lowest BCUT2D eigenvalue weighted by Gasteiger charge is -2.03. The summed E-state index contributed by atoms with van der Waals surface area (Å²) < 4.78 is 0. The van der Waals surface area contributed by atoms with Gasteiger partial charge < -0.3 is 0 Å². The van der Waals surface area contributed by atoms with E-state index in [4.69, 9.17) is 5.26 Å². The van der Waals surface area contributed by atoms with Gasteiger partial charge in [-0.2, -0.15) is 5.26 Å². The summed E-state index contributed by atoms with van der Waals surface area (Å²) in [6.07, 6.45) is 3.43. The van der Waals surface area contributed by atoms with Crippen LogP contribution >= 0.6 is 12.6 Å². The topological polar surface area (TPSA) is 36.7 Å². The fraction of sp³-hybridized carbons (Fsp3) is 0. The highest BCUT2D eigenvalue weighted by atomic mass is 32.1. The second kappa shape index (κ2) is 4.16. The maximum absolute atomic E-state index is 8.68. The van der Waals surface area contributed by atoms with Gasteiger partial charge in [0.15, 0.2) is 0 Å². The molecule has 0 radical (unpaired) electrons. The Kier molecular flexibility index (Phi) is 2.70. The molecule has 0 saturated carbocycles. The first-order valence-corrected chi connectivity index (χ1v) is 4.89. The van der Waals surface area contributed by atoms with Gasteiger partial charge in [-0.05, 0) is 29.3 Å². The number of hydrogen-bond donors (Lipinski definition) is 1. The van der Waals surface area contributed by atoms with Gasteiger partial charge in [0.1, 0.15) is 0 Å². The van der Waals surface area contributed by atoms with Gasteiger partial charge in [0.25, 0.3) is 0 Å². The molecule has 2 rings (SSSR count). The zero-order valence-electron chi connectivity index (χ0n) is 7.88. The molecule has 0 saturated heterocycles. The molecule has 2 nitrogen and oxygen atoms in total. The summed E-state index contributed by atoms with van der Waals surface area (Å²) in [6.45, 7) is 0. The van der Waals surface area contributed by atoms with Crippen molar-refractivity contribution < 1.29 is 0 Å². The van der Waals surface area contributed by atoms with Crippen molar-refractivity contribution in [2.75, 3.05) is 0 Å². The van der Waals surface area contributed by atoms with Crippen LogP contribution in [0.25, 0.3) is 11.1 Å². The maximum Gasteiger partial charge on any atom is 0.0991 e. The average molecular weight is 212 g/mol. The molecule has 0 spiro atoms. The zero-order valence-corrected chi connectivity index (χ0v) is 8.78. The van der Waals surface area contributed by atoms with E-state index in [1.807, 2.05) is 18.2 Å². The lowest BCUT2D eigenvalue weighted by molar-refractivity contribution is 1.24. The van der Waals surface area contributed by atoms with Crippen molar-refractivity contribution in [3.63, 3.8) is 0 Å². The van der Waals surface area contributed by atoms with Crippen LogP contribution in [0.3, 0.4) is 0 Å². The van der Waals surface area contributed by atoms with E-state index >= 15 is 0 Å². The van der Waals surface area contributed by atoms with Crippen molar-refractivity contribution in [2.45, 2.75) is 4.90 Å². The molecule has 0 fully saturated rings. The molecule has 0 unspecified atom stereocenters. The van der Waals surface area contributed by atoms with Gasteiger partial charge >= 0.3 is 0 Å². The summed E-state index contributed by atoms with van der Waals surface area (Å²) in [7, 11) is 0. The highest BCUT2D eigenvalue weighted by Gasteiger charge is 2.01. The number of pyridine rings is 1. The van der Waals surface area contributed by atoms with Crippen molar-refractivity contribution in [2.24, 2.45) is 0 Å². The summed E-state index contributed by atoms with van der Waals surface area (Å²) in [6, 6.07) is 11.4. The normalized spacial score (nSPS) is 9.60. The van der Waals surface area contributed by atoms with E-state index in [0.29, 0.717) is 5.56 Å². The molecule has 1 heterocycles. The molecule has 1 aromatic heterocycles. The maximum atomic E-state index is 8.68. The minimum absolute atomic E-state index is 0.661. The number of nitriles is 1. The Balaban J connectivity index is 2.47. The summed E-state index contributed by atoms with van der Waals surface area (Å²) in [4.78, 5) is 4.81. The van der Waals surface area contributed by atoms with E-state index in [-0.39, 0.29) is 0 Å². The fourth-order valence-corrected chi connectivity index (χ4v) is 1.62. The molecule has 0 bridgehead atoms. The van der Waals surface area contributed by atoms with Crippen LogP contribution in [0.2, 0.25) is 0 Å². The molecule has 0 aliphatic rings. The van der Waals surface area contributed by atoms with Gasteiger partial charge in [-0.25, -0.2) is 0 Å². The highest BCUT2D eigenvalue weighted by molar-refractivity contribution is 7.80. The predicted octanol–water partition coefficient (Wildman–Crippen LogP) is 2.91. The summed E-state index contributed by atoms with van der Waals surface area (Å²) in [5, 5.41) is 8.68. The van der Waals surface area contributed by atoms with Crippen LogP contribution in [0.4, 0.5) is 0 Å². The van der Waals surface area contributed by atoms with Crippen LogP contribution < -0.4 is 0 Å². The molecule has 0 amide bonds. The first-order valence-electron chi connectivity index (χ1n) is 4.45. The number of hydrogen-bond acceptors (Lipinski definition) is 3. The molecule has 2 aromatic rings. The van der Waals surface area contributed by atoms with Crippen LogP contribution in [-0.4, -0.2) is 4.98 Å². The Morgan fingerprint density at radius 2 is 1.87 bits per heavy atom. The van der Waals surface area contributed by atoms with Crippen molar-refractivity contribution in [3.05, 3.63) is 48.3 Å². The largest absolute Gasteiger partial charge is 0.264 e. The van der Waals surface area contributed by atoms with E-state index in [0.717, 1.165) is 16.0 Å². The molecule has 1 aromatic carbocycles. The van der Waals surface area contributed by atoms with E-state index in [1.165, 1.54) is 0 Å². The van der Waals surface area contributed by atoms with Crippen molar-refractivity contribution in [1.82, 2.24) is 4.98 Å². The molecular formula is C12H8N2S. The van der Waals surface area contributed by atoms with Crippen molar-refractivity contribution in [1.29, 1.82) is 5.26 Å². The molecular weight excluding hydrogens is 204 g/mol. The number of benzene rings is 1. The number of nitrogens with zero attached hydrogens (tertiary/aromatic N) is 2. The fourth-order valence-electron chi connectivity index (χ4n) is 1.35. The third-order valence-electron chi connectivity index (χ3n) is 2.13. The molecule has 0 atom stereocenters. The molecule has 72 valence electrons. The lowest BCUT2D eigenvalue weighted by atomic mass is 10.1. The second-order valence-electron chi connectivity index (χ2n) is 3.08.